The SMILES string of the molecule is CCCCCCCc1cccc(OC(CCC)S(=O)(=O)O)c1CCCCCCC. The number of hydrogen-bond acceptors (Lipinski definition) is 3. The van der Waals surface area contributed by atoms with Crippen molar-refractivity contribution in [2.75, 3.05) is 0 Å². The summed E-state index contributed by atoms with van der Waals surface area (Å²) in [5.74, 6) is 0.627. The van der Waals surface area contributed by atoms with Crippen LogP contribution < -0.4 is 4.74 Å². The minimum absolute atomic E-state index is 0.288. The van der Waals surface area contributed by atoms with Gasteiger partial charge in [-0.25, -0.2) is 0 Å². The summed E-state index contributed by atoms with van der Waals surface area (Å²) in [5, 5.41) is 0. The molecule has 0 saturated carbocycles. The molecule has 1 aromatic rings. The molecule has 1 N–H and O–H groups in total. The van der Waals surface area contributed by atoms with Crippen LogP contribution in [0, 0.1) is 0 Å². The van der Waals surface area contributed by atoms with Crippen LogP contribution >= 0.6 is 0 Å². The Morgan fingerprint density at radius 1 is 0.828 bits per heavy atom. The third-order valence-corrected chi connectivity index (χ3v) is 6.42. The van der Waals surface area contributed by atoms with Gasteiger partial charge in [0.15, 0.2) is 0 Å². The van der Waals surface area contributed by atoms with Gasteiger partial charge >= 0.3 is 10.1 Å². The number of rotatable bonds is 17. The van der Waals surface area contributed by atoms with E-state index in [1.54, 1.807) is 0 Å². The molecular formula is C24H42O4S. The van der Waals surface area contributed by atoms with E-state index in [9.17, 15) is 13.0 Å². The zero-order valence-electron chi connectivity index (χ0n) is 18.8. The van der Waals surface area contributed by atoms with E-state index >= 15 is 0 Å². The van der Waals surface area contributed by atoms with E-state index in [0.717, 1.165) is 31.2 Å². The van der Waals surface area contributed by atoms with Gasteiger partial charge in [-0.3, -0.25) is 4.55 Å². The average Bonchev–Trinajstić information content (AvgIpc) is 2.68. The van der Waals surface area contributed by atoms with Crippen molar-refractivity contribution in [1.29, 1.82) is 0 Å². The highest BCUT2D eigenvalue weighted by molar-refractivity contribution is 7.86. The van der Waals surface area contributed by atoms with Gasteiger partial charge in [0.25, 0.3) is 0 Å². The molecule has 29 heavy (non-hydrogen) atoms. The second-order valence-corrected chi connectivity index (χ2v) is 9.63. The maximum Gasteiger partial charge on any atom is 0.303 e. The highest BCUT2D eigenvalue weighted by Crippen LogP contribution is 2.29. The van der Waals surface area contributed by atoms with Crippen molar-refractivity contribution in [3.8, 4) is 5.75 Å². The van der Waals surface area contributed by atoms with E-state index in [2.05, 4.69) is 19.9 Å². The molecule has 0 aromatic heterocycles. The van der Waals surface area contributed by atoms with Crippen LogP contribution in [0.15, 0.2) is 18.2 Å². The van der Waals surface area contributed by atoms with Gasteiger partial charge in [-0.15, -0.1) is 0 Å². The van der Waals surface area contributed by atoms with E-state index in [4.69, 9.17) is 4.74 Å². The van der Waals surface area contributed by atoms with Gasteiger partial charge in [-0.1, -0.05) is 90.7 Å². The first kappa shape index (κ1) is 26.0. The Morgan fingerprint density at radius 2 is 1.41 bits per heavy atom. The topological polar surface area (TPSA) is 63.6 Å². The summed E-state index contributed by atoms with van der Waals surface area (Å²) in [6.07, 6.45) is 14.9. The van der Waals surface area contributed by atoms with Crippen molar-refractivity contribution in [3.05, 3.63) is 29.3 Å². The lowest BCUT2D eigenvalue weighted by Gasteiger charge is -2.20. The molecule has 0 aliphatic carbocycles. The van der Waals surface area contributed by atoms with Gasteiger partial charge < -0.3 is 4.74 Å². The Bertz CT molecular complexity index is 655. The van der Waals surface area contributed by atoms with E-state index in [1.165, 1.54) is 56.9 Å². The average molecular weight is 427 g/mol. The van der Waals surface area contributed by atoms with Crippen LogP contribution in [0.2, 0.25) is 0 Å². The fourth-order valence-corrected chi connectivity index (χ4v) is 4.47. The van der Waals surface area contributed by atoms with Crippen LogP contribution in [0.1, 0.15) is 109 Å². The van der Waals surface area contributed by atoms with Crippen molar-refractivity contribution >= 4 is 10.1 Å². The van der Waals surface area contributed by atoms with E-state index in [-0.39, 0.29) is 6.42 Å². The molecule has 1 atom stereocenters. The van der Waals surface area contributed by atoms with Gasteiger partial charge in [0, 0.05) is 6.42 Å². The lowest BCUT2D eigenvalue weighted by atomic mass is 9.95. The second-order valence-electron chi connectivity index (χ2n) is 8.07. The molecule has 0 amide bonds. The molecule has 0 fully saturated rings. The molecule has 1 aromatic carbocycles. The number of ether oxygens (including phenoxy) is 1. The standard InChI is InChI=1S/C24H42O4S/c1-4-7-9-11-13-17-21-18-15-20-23(22(21)19-14-12-10-8-5-2)28-24(16-6-3)29(25,26)27/h15,18,20,24H,4-14,16-17,19H2,1-3H3,(H,25,26,27). The van der Waals surface area contributed by atoms with Crippen molar-refractivity contribution < 1.29 is 17.7 Å². The summed E-state index contributed by atoms with van der Waals surface area (Å²) in [6, 6.07) is 5.95. The first-order valence-corrected chi connectivity index (χ1v) is 13.2. The number of aryl methyl sites for hydroxylation is 1. The molecule has 168 valence electrons. The fourth-order valence-electron chi connectivity index (χ4n) is 3.71. The monoisotopic (exact) mass is 426 g/mol. The second kappa shape index (κ2) is 14.8. The van der Waals surface area contributed by atoms with Crippen LogP contribution in [-0.4, -0.2) is 18.4 Å². The van der Waals surface area contributed by atoms with E-state index in [0.29, 0.717) is 12.2 Å². The fraction of sp³-hybridized carbons (Fsp3) is 0.750. The summed E-state index contributed by atoms with van der Waals surface area (Å²) in [5.41, 5.74) is 1.20. The molecule has 0 aliphatic rings. The Morgan fingerprint density at radius 3 is 1.97 bits per heavy atom. The smallest absolute Gasteiger partial charge is 0.303 e. The van der Waals surface area contributed by atoms with Gasteiger partial charge in [-0.2, -0.15) is 8.42 Å². The maximum absolute atomic E-state index is 11.8. The van der Waals surface area contributed by atoms with Crippen molar-refractivity contribution in [1.82, 2.24) is 0 Å². The maximum atomic E-state index is 11.8. The molecule has 5 heteroatoms. The summed E-state index contributed by atoms with van der Waals surface area (Å²) in [4.78, 5) is 0. The van der Waals surface area contributed by atoms with Crippen LogP contribution in [0.5, 0.6) is 5.75 Å². The van der Waals surface area contributed by atoms with Crippen molar-refractivity contribution in [3.63, 3.8) is 0 Å². The minimum atomic E-state index is -4.24. The third-order valence-electron chi connectivity index (χ3n) is 5.43. The molecule has 0 heterocycles. The molecule has 0 saturated heterocycles. The first-order valence-electron chi connectivity index (χ1n) is 11.7. The van der Waals surface area contributed by atoms with Crippen molar-refractivity contribution in [2.45, 2.75) is 116 Å². The number of hydrogen-bond donors (Lipinski definition) is 1. The summed E-state index contributed by atoms with van der Waals surface area (Å²) >= 11 is 0. The zero-order valence-corrected chi connectivity index (χ0v) is 19.6. The normalized spacial score (nSPS) is 12.8. The Kier molecular flexibility index (Phi) is 13.3. The summed E-state index contributed by atoms with van der Waals surface area (Å²) in [7, 11) is -4.24. The van der Waals surface area contributed by atoms with Crippen LogP contribution in [0.25, 0.3) is 0 Å². The van der Waals surface area contributed by atoms with Crippen LogP contribution in [-0.2, 0) is 23.0 Å². The lowest BCUT2D eigenvalue weighted by molar-refractivity contribution is 0.243. The molecule has 0 bridgehead atoms. The van der Waals surface area contributed by atoms with Gasteiger partial charge in [0.05, 0.1) is 0 Å². The highest BCUT2D eigenvalue weighted by Gasteiger charge is 2.25. The largest absolute Gasteiger partial charge is 0.472 e. The van der Waals surface area contributed by atoms with Crippen LogP contribution in [0.3, 0.4) is 0 Å². The van der Waals surface area contributed by atoms with Gasteiger partial charge in [0.1, 0.15) is 5.75 Å². The Labute approximate surface area is 179 Å². The van der Waals surface area contributed by atoms with E-state index < -0.39 is 15.6 Å². The summed E-state index contributed by atoms with van der Waals surface area (Å²) < 4.78 is 39.0. The van der Waals surface area contributed by atoms with Crippen molar-refractivity contribution in [2.24, 2.45) is 0 Å². The molecular weight excluding hydrogens is 384 g/mol. The lowest BCUT2D eigenvalue weighted by Crippen LogP contribution is -2.27. The van der Waals surface area contributed by atoms with Gasteiger partial charge in [0.2, 0.25) is 5.44 Å². The predicted octanol–water partition coefficient (Wildman–Crippen LogP) is 7.11. The molecule has 1 rings (SSSR count). The van der Waals surface area contributed by atoms with Gasteiger partial charge in [-0.05, 0) is 42.9 Å². The number of unbranched alkanes of at least 4 members (excludes halogenated alkanes) is 8. The molecule has 1 unspecified atom stereocenters. The Hall–Kier alpha value is -1.07. The zero-order chi connectivity index (χ0) is 21.5. The predicted molar refractivity (Wildman–Crippen MR) is 122 cm³/mol. The minimum Gasteiger partial charge on any atom is -0.472 e. The quantitative estimate of drug-likeness (QED) is 0.213. The Balaban J connectivity index is 2.94. The summed E-state index contributed by atoms with van der Waals surface area (Å²) in [6.45, 7) is 6.32. The highest BCUT2D eigenvalue weighted by atomic mass is 32.2. The molecule has 0 radical (unpaired) electrons. The van der Waals surface area contributed by atoms with E-state index in [1.807, 2.05) is 19.1 Å². The third kappa shape index (κ3) is 10.5. The molecule has 0 aliphatic heterocycles. The number of benzene rings is 1. The molecule has 4 nitrogen and oxygen atoms in total. The first-order chi connectivity index (χ1) is 13.9. The van der Waals surface area contributed by atoms with Crippen LogP contribution in [0.4, 0.5) is 0 Å². The molecule has 0 spiro atoms.